The van der Waals surface area contributed by atoms with Crippen LogP contribution in [0.5, 0.6) is 0 Å². The van der Waals surface area contributed by atoms with Crippen molar-refractivity contribution in [2.24, 2.45) is 0 Å². The molecule has 2 rings (SSSR count). The van der Waals surface area contributed by atoms with E-state index in [-0.39, 0.29) is 10.6 Å². The van der Waals surface area contributed by atoms with Crippen LogP contribution in [0.3, 0.4) is 0 Å². The van der Waals surface area contributed by atoms with Gasteiger partial charge in [-0.3, -0.25) is 0 Å². The maximum atomic E-state index is 14.0. The molecule has 1 unspecified atom stereocenters. The van der Waals surface area contributed by atoms with Crippen molar-refractivity contribution in [3.63, 3.8) is 0 Å². The first-order valence-electron chi connectivity index (χ1n) is 5.51. The first-order valence-corrected chi connectivity index (χ1v) is 7.97. The number of alkyl halides is 1. The molecule has 0 aromatic heterocycles. The molecule has 0 bridgehead atoms. The Hall–Kier alpha value is -0.0900. The molecule has 0 spiro atoms. The molecule has 0 radical (unpaired) electrons. The molecule has 5 heteroatoms. The summed E-state index contributed by atoms with van der Waals surface area (Å²) in [6.07, 6.45) is 0.629. The van der Waals surface area contributed by atoms with E-state index in [4.69, 9.17) is 23.2 Å². The van der Waals surface area contributed by atoms with Gasteiger partial charge in [0, 0.05) is 10.4 Å². The van der Waals surface area contributed by atoms with E-state index < -0.39 is 0 Å². The van der Waals surface area contributed by atoms with Gasteiger partial charge in [-0.15, -0.1) is 0 Å². The minimum atomic E-state index is -0.246. The van der Waals surface area contributed by atoms with Crippen molar-refractivity contribution in [3.8, 4) is 0 Å². The molecule has 0 fully saturated rings. The van der Waals surface area contributed by atoms with Gasteiger partial charge in [0.2, 0.25) is 0 Å². The van der Waals surface area contributed by atoms with Crippen LogP contribution in [0.1, 0.15) is 16.0 Å². The number of halogens is 5. The summed E-state index contributed by atoms with van der Waals surface area (Å²) >= 11 is 18.5. The van der Waals surface area contributed by atoms with Crippen molar-refractivity contribution < 1.29 is 4.39 Å². The van der Waals surface area contributed by atoms with Crippen molar-refractivity contribution in [1.29, 1.82) is 0 Å². The fourth-order valence-electron chi connectivity index (χ4n) is 1.75. The van der Waals surface area contributed by atoms with E-state index in [0.717, 1.165) is 5.56 Å². The van der Waals surface area contributed by atoms with Crippen molar-refractivity contribution in [2.45, 2.75) is 11.2 Å². The van der Waals surface area contributed by atoms with Gasteiger partial charge in [-0.05, 0) is 46.1 Å². The third-order valence-electron chi connectivity index (χ3n) is 2.72. The summed E-state index contributed by atoms with van der Waals surface area (Å²) in [5.74, 6) is -0.246. The highest BCUT2D eigenvalue weighted by Crippen LogP contribution is 2.33. The highest BCUT2D eigenvalue weighted by molar-refractivity contribution is 9.10. The van der Waals surface area contributed by atoms with E-state index in [1.165, 1.54) is 0 Å². The van der Waals surface area contributed by atoms with E-state index in [0.29, 0.717) is 26.5 Å². The fourth-order valence-corrected chi connectivity index (χ4v) is 3.18. The molecule has 0 amide bonds. The molecule has 1 atom stereocenters. The molecule has 2 aromatic carbocycles. The van der Waals surface area contributed by atoms with Gasteiger partial charge in [0.05, 0.1) is 14.5 Å². The average Bonchev–Trinajstić information content (AvgIpc) is 2.37. The second-order valence-corrected chi connectivity index (χ2v) is 6.84. The molecule has 100 valence electrons. The van der Waals surface area contributed by atoms with Crippen LogP contribution in [0.15, 0.2) is 40.9 Å². The summed E-state index contributed by atoms with van der Waals surface area (Å²) in [4.78, 5) is -0.123. The normalized spacial score (nSPS) is 12.5. The third-order valence-corrected chi connectivity index (χ3v) is 4.89. The summed E-state index contributed by atoms with van der Waals surface area (Å²) in [6.45, 7) is 0. The zero-order valence-corrected chi connectivity index (χ0v) is 14.3. The van der Waals surface area contributed by atoms with E-state index >= 15 is 0 Å². The Morgan fingerprint density at radius 1 is 1.11 bits per heavy atom. The topological polar surface area (TPSA) is 0 Å². The molecule has 19 heavy (non-hydrogen) atoms. The summed E-state index contributed by atoms with van der Waals surface area (Å²) < 4.78 is 14.4. The quantitative estimate of drug-likeness (QED) is 0.486. The number of rotatable bonds is 3. The molecule has 0 aliphatic heterocycles. The molecule has 0 saturated carbocycles. The lowest BCUT2D eigenvalue weighted by Crippen LogP contribution is -1.99. The summed E-state index contributed by atoms with van der Waals surface area (Å²) in [6, 6.07) is 10.7. The highest BCUT2D eigenvalue weighted by Gasteiger charge is 2.15. The van der Waals surface area contributed by atoms with Crippen LogP contribution >= 0.6 is 55.1 Å². The van der Waals surface area contributed by atoms with Crippen LogP contribution in [0, 0.1) is 5.82 Å². The Labute approximate surface area is 138 Å². The minimum absolute atomic E-state index is 0.123. The Balaban J connectivity index is 2.23. The van der Waals surface area contributed by atoms with Crippen LogP contribution in [-0.4, -0.2) is 0 Å². The van der Waals surface area contributed by atoms with Gasteiger partial charge in [0.1, 0.15) is 5.82 Å². The van der Waals surface area contributed by atoms with Gasteiger partial charge in [0.25, 0.3) is 0 Å². The molecular weight excluding hydrogens is 418 g/mol. The Kier molecular flexibility index (Phi) is 5.29. The maximum absolute atomic E-state index is 14.0. The van der Waals surface area contributed by atoms with Crippen LogP contribution < -0.4 is 0 Å². The molecule has 0 saturated heterocycles. The molecule has 0 nitrogen and oxygen atoms in total. The monoisotopic (exact) mass is 424 g/mol. The van der Waals surface area contributed by atoms with Gasteiger partial charge in [-0.25, -0.2) is 4.39 Å². The largest absolute Gasteiger partial charge is 0.205 e. The first kappa shape index (κ1) is 15.3. The van der Waals surface area contributed by atoms with Gasteiger partial charge < -0.3 is 0 Å². The number of hydrogen-bond acceptors (Lipinski definition) is 0. The SMILES string of the molecule is Fc1c(Br)cccc1C(Br)Cc1ccc(Cl)c(Cl)c1. The summed E-state index contributed by atoms with van der Waals surface area (Å²) in [7, 11) is 0. The lowest BCUT2D eigenvalue weighted by molar-refractivity contribution is 0.601. The van der Waals surface area contributed by atoms with Crippen molar-refractivity contribution in [3.05, 3.63) is 67.9 Å². The van der Waals surface area contributed by atoms with Crippen LogP contribution in [0.4, 0.5) is 4.39 Å². The zero-order valence-electron chi connectivity index (χ0n) is 9.64. The van der Waals surface area contributed by atoms with Crippen LogP contribution in [0.2, 0.25) is 10.0 Å². The van der Waals surface area contributed by atoms with Gasteiger partial charge in [-0.2, -0.15) is 0 Å². The van der Waals surface area contributed by atoms with Gasteiger partial charge in [-0.1, -0.05) is 57.3 Å². The van der Waals surface area contributed by atoms with E-state index in [1.807, 2.05) is 12.1 Å². The van der Waals surface area contributed by atoms with Crippen molar-refractivity contribution >= 4 is 55.1 Å². The van der Waals surface area contributed by atoms with Gasteiger partial charge >= 0.3 is 0 Å². The Bertz CT molecular complexity index is 602. The molecule has 0 aliphatic rings. The molecule has 0 heterocycles. The number of benzene rings is 2. The second-order valence-electron chi connectivity index (χ2n) is 4.06. The van der Waals surface area contributed by atoms with Gasteiger partial charge in [0.15, 0.2) is 0 Å². The first-order chi connectivity index (χ1) is 8.99. The van der Waals surface area contributed by atoms with Crippen molar-refractivity contribution in [1.82, 2.24) is 0 Å². The van der Waals surface area contributed by atoms with Crippen molar-refractivity contribution in [2.75, 3.05) is 0 Å². The fraction of sp³-hybridized carbons (Fsp3) is 0.143. The lowest BCUT2D eigenvalue weighted by Gasteiger charge is -2.12. The second kappa shape index (κ2) is 6.57. The molecular formula is C14H9Br2Cl2F. The van der Waals surface area contributed by atoms with E-state index in [9.17, 15) is 4.39 Å². The lowest BCUT2D eigenvalue weighted by atomic mass is 10.0. The predicted molar refractivity (Wildman–Crippen MR) is 85.9 cm³/mol. The van der Waals surface area contributed by atoms with E-state index in [1.54, 1.807) is 24.3 Å². The molecule has 0 aliphatic carbocycles. The zero-order chi connectivity index (χ0) is 14.0. The summed E-state index contributed by atoms with van der Waals surface area (Å²) in [5, 5.41) is 1.03. The Morgan fingerprint density at radius 2 is 1.84 bits per heavy atom. The number of hydrogen-bond donors (Lipinski definition) is 0. The van der Waals surface area contributed by atoms with Crippen LogP contribution in [0.25, 0.3) is 0 Å². The third kappa shape index (κ3) is 3.72. The average molecular weight is 427 g/mol. The molecule has 2 aromatic rings. The molecule has 0 N–H and O–H groups in total. The van der Waals surface area contributed by atoms with E-state index in [2.05, 4.69) is 31.9 Å². The van der Waals surface area contributed by atoms with Crippen LogP contribution in [-0.2, 0) is 6.42 Å². The predicted octanol–water partition coefficient (Wildman–Crippen LogP) is 6.57. The highest BCUT2D eigenvalue weighted by atomic mass is 79.9. The minimum Gasteiger partial charge on any atom is -0.205 e. The Morgan fingerprint density at radius 3 is 2.53 bits per heavy atom. The maximum Gasteiger partial charge on any atom is 0.141 e. The smallest absolute Gasteiger partial charge is 0.141 e. The summed E-state index contributed by atoms with van der Waals surface area (Å²) in [5.41, 5.74) is 1.61. The standard InChI is InChI=1S/C14H9Br2Cl2F/c15-10-3-1-2-9(14(10)19)11(16)6-8-4-5-12(17)13(18)7-8/h1-5,7,11H,6H2.